The molecule has 0 saturated carbocycles. The molecule has 0 aliphatic heterocycles. The van der Waals surface area contributed by atoms with Crippen molar-refractivity contribution in [2.75, 3.05) is 14.2 Å². The zero-order valence-electron chi connectivity index (χ0n) is 5.67. The van der Waals surface area contributed by atoms with Crippen LogP contribution in [0.2, 0.25) is 0 Å². The maximum Gasteiger partial charge on any atom is 0.696 e. The Balaban J connectivity index is 0. The molecule has 0 N–H and O–H groups in total. The Morgan fingerprint density at radius 3 is 1.38 bits per heavy atom. The Bertz CT molecular complexity index is 49.2. The summed E-state index contributed by atoms with van der Waals surface area (Å²) in [6.45, 7) is 4.00. The molecule has 0 saturated heterocycles. The SMILES string of the molecule is CC.CO[P+](=O)OC. The van der Waals surface area contributed by atoms with Gasteiger partial charge in [0.2, 0.25) is 0 Å². The lowest BCUT2D eigenvalue weighted by molar-refractivity contribution is 0.302. The molecule has 0 amide bonds. The average molecular weight is 139 g/mol. The van der Waals surface area contributed by atoms with Crippen molar-refractivity contribution in [2.24, 2.45) is 0 Å². The molecule has 0 fully saturated rings. The van der Waals surface area contributed by atoms with Gasteiger partial charge < -0.3 is 0 Å². The first-order chi connectivity index (χ1) is 3.81. The van der Waals surface area contributed by atoms with Gasteiger partial charge in [0.05, 0.1) is 14.2 Å². The van der Waals surface area contributed by atoms with Crippen LogP contribution in [-0.2, 0) is 13.6 Å². The highest BCUT2D eigenvalue weighted by Gasteiger charge is 2.10. The smallest absolute Gasteiger partial charge is 0.122 e. The minimum atomic E-state index is -1.83. The largest absolute Gasteiger partial charge is 0.696 e. The van der Waals surface area contributed by atoms with Crippen molar-refractivity contribution < 1.29 is 13.6 Å². The van der Waals surface area contributed by atoms with Gasteiger partial charge in [0, 0.05) is 4.57 Å². The van der Waals surface area contributed by atoms with Gasteiger partial charge in [-0.15, -0.1) is 9.05 Å². The molecule has 0 aromatic carbocycles. The molecule has 0 aliphatic carbocycles. The van der Waals surface area contributed by atoms with E-state index in [-0.39, 0.29) is 0 Å². The van der Waals surface area contributed by atoms with Gasteiger partial charge in [0.25, 0.3) is 0 Å². The maximum absolute atomic E-state index is 9.88. The number of hydrogen-bond acceptors (Lipinski definition) is 3. The van der Waals surface area contributed by atoms with Gasteiger partial charge in [-0.3, -0.25) is 0 Å². The second kappa shape index (κ2) is 10.1. The van der Waals surface area contributed by atoms with E-state index in [1.807, 2.05) is 13.8 Å². The summed E-state index contributed by atoms with van der Waals surface area (Å²) in [7, 11) is 0.817. The number of hydrogen-bond donors (Lipinski definition) is 0. The third-order valence-electron chi connectivity index (χ3n) is 0.298. The van der Waals surface area contributed by atoms with Gasteiger partial charge in [-0.2, -0.15) is 0 Å². The van der Waals surface area contributed by atoms with Gasteiger partial charge in [0.1, 0.15) is 0 Å². The van der Waals surface area contributed by atoms with Crippen molar-refractivity contribution in [3.8, 4) is 0 Å². The van der Waals surface area contributed by atoms with Crippen molar-refractivity contribution >= 4 is 8.25 Å². The highest BCUT2D eigenvalue weighted by atomic mass is 31.1. The average Bonchev–Trinajstić information content (AvgIpc) is 1.91. The van der Waals surface area contributed by atoms with Crippen LogP contribution in [0.25, 0.3) is 0 Å². The maximum atomic E-state index is 9.88. The Hall–Kier alpha value is 0.0200. The first-order valence-electron chi connectivity index (χ1n) is 2.36. The standard InChI is InChI=1S/C2H6O3P.C2H6/c1-4-6(3)5-2;1-2/h1-2H3;1-2H3/q+1;. The monoisotopic (exact) mass is 139 g/mol. The van der Waals surface area contributed by atoms with E-state index in [1.165, 1.54) is 14.2 Å². The fourth-order valence-electron chi connectivity index (χ4n) is 0.0745. The van der Waals surface area contributed by atoms with Gasteiger partial charge in [-0.25, -0.2) is 0 Å². The summed E-state index contributed by atoms with van der Waals surface area (Å²) in [5, 5.41) is 0. The van der Waals surface area contributed by atoms with E-state index in [9.17, 15) is 4.57 Å². The zero-order chi connectivity index (χ0) is 6.99. The van der Waals surface area contributed by atoms with Crippen LogP contribution in [0.15, 0.2) is 0 Å². The molecule has 0 aliphatic rings. The second-order valence-corrected chi connectivity index (χ2v) is 1.77. The van der Waals surface area contributed by atoms with Crippen LogP contribution in [0.3, 0.4) is 0 Å². The summed E-state index contributed by atoms with van der Waals surface area (Å²) < 4.78 is 18.3. The Morgan fingerprint density at radius 1 is 1.12 bits per heavy atom. The molecule has 0 rings (SSSR count). The molecule has 0 atom stereocenters. The van der Waals surface area contributed by atoms with E-state index < -0.39 is 8.25 Å². The molecule has 0 spiro atoms. The minimum absolute atomic E-state index is 1.32. The molecule has 0 aromatic rings. The Labute approximate surface area is 50.9 Å². The van der Waals surface area contributed by atoms with Crippen LogP contribution in [0.5, 0.6) is 0 Å². The molecule has 0 unspecified atom stereocenters. The van der Waals surface area contributed by atoms with Crippen molar-refractivity contribution in [3.63, 3.8) is 0 Å². The van der Waals surface area contributed by atoms with Crippen LogP contribution in [0.1, 0.15) is 13.8 Å². The van der Waals surface area contributed by atoms with Crippen molar-refractivity contribution in [1.29, 1.82) is 0 Å². The highest BCUT2D eigenvalue weighted by Crippen LogP contribution is 2.18. The van der Waals surface area contributed by atoms with Gasteiger partial charge in [0.15, 0.2) is 0 Å². The molecule has 4 heteroatoms. The van der Waals surface area contributed by atoms with E-state index >= 15 is 0 Å². The van der Waals surface area contributed by atoms with Gasteiger partial charge in [-0.1, -0.05) is 13.8 Å². The van der Waals surface area contributed by atoms with Crippen LogP contribution in [0, 0.1) is 0 Å². The lowest BCUT2D eigenvalue weighted by Gasteiger charge is -1.66. The summed E-state index contributed by atoms with van der Waals surface area (Å²) in [6, 6.07) is 0. The molecule has 3 nitrogen and oxygen atoms in total. The third-order valence-corrected chi connectivity index (χ3v) is 0.894. The summed E-state index contributed by atoms with van der Waals surface area (Å²) in [5.74, 6) is 0. The normalized spacial score (nSPS) is 7.00. The molecular weight excluding hydrogens is 127 g/mol. The minimum Gasteiger partial charge on any atom is -0.122 e. The van der Waals surface area contributed by atoms with E-state index in [4.69, 9.17) is 0 Å². The number of rotatable bonds is 2. The second-order valence-electron chi connectivity index (χ2n) is 0.589. The summed E-state index contributed by atoms with van der Waals surface area (Å²) in [4.78, 5) is 0. The van der Waals surface area contributed by atoms with Crippen LogP contribution >= 0.6 is 8.25 Å². The predicted molar refractivity (Wildman–Crippen MR) is 33.0 cm³/mol. The summed E-state index contributed by atoms with van der Waals surface area (Å²) >= 11 is 0. The molecule has 0 heterocycles. The molecular formula is C4H12O3P+. The van der Waals surface area contributed by atoms with Crippen molar-refractivity contribution in [3.05, 3.63) is 0 Å². The van der Waals surface area contributed by atoms with E-state index in [0.717, 1.165) is 0 Å². The highest BCUT2D eigenvalue weighted by molar-refractivity contribution is 7.33. The van der Waals surface area contributed by atoms with Crippen molar-refractivity contribution in [1.82, 2.24) is 0 Å². The molecule has 50 valence electrons. The van der Waals surface area contributed by atoms with Crippen LogP contribution in [-0.4, -0.2) is 14.2 Å². The third kappa shape index (κ3) is 9.39. The van der Waals surface area contributed by atoms with E-state index in [2.05, 4.69) is 9.05 Å². The summed E-state index contributed by atoms with van der Waals surface area (Å²) in [5.41, 5.74) is 0. The molecule has 0 radical (unpaired) electrons. The Morgan fingerprint density at radius 2 is 1.38 bits per heavy atom. The fourth-order valence-corrected chi connectivity index (χ4v) is 0.224. The van der Waals surface area contributed by atoms with Crippen molar-refractivity contribution in [2.45, 2.75) is 13.8 Å². The van der Waals surface area contributed by atoms with Crippen LogP contribution < -0.4 is 0 Å². The lowest BCUT2D eigenvalue weighted by atomic mass is 11.0. The quantitative estimate of drug-likeness (QED) is 0.548. The fraction of sp³-hybridized carbons (Fsp3) is 1.00. The van der Waals surface area contributed by atoms with E-state index in [0.29, 0.717) is 0 Å². The first kappa shape index (κ1) is 10.9. The molecule has 8 heavy (non-hydrogen) atoms. The predicted octanol–water partition coefficient (Wildman–Crippen LogP) is 1.96. The summed E-state index contributed by atoms with van der Waals surface area (Å²) in [6.07, 6.45) is 0. The topological polar surface area (TPSA) is 35.5 Å². The zero-order valence-corrected chi connectivity index (χ0v) is 6.57. The molecule has 0 bridgehead atoms. The first-order valence-corrected chi connectivity index (χ1v) is 3.46. The Kier molecular flexibility index (Phi) is 13.8. The van der Waals surface area contributed by atoms with Gasteiger partial charge in [-0.05, 0) is 0 Å². The molecule has 0 aromatic heterocycles. The lowest BCUT2D eigenvalue weighted by Crippen LogP contribution is -1.66. The van der Waals surface area contributed by atoms with Gasteiger partial charge >= 0.3 is 8.25 Å². The van der Waals surface area contributed by atoms with Crippen LogP contribution in [0.4, 0.5) is 0 Å². The van der Waals surface area contributed by atoms with E-state index in [1.54, 1.807) is 0 Å².